The van der Waals surface area contributed by atoms with E-state index < -0.39 is 35.0 Å². The van der Waals surface area contributed by atoms with Crippen molar-refractivity contribution < 1.29 is 27.3 Å². The Bertz CT molecular complexity index is 1040. The number of aromatic nitrogens is 2. The van der Waals surface area contributed by atoms with E-state index in [1.807, 2.05) is 0 Å². The molecule has 1 aromatic carbocycles. The number of benzene rings is 1. The van der Waals surface area contributed by atoms with E-state index in [0.29, 0.717) is 11.8 Å². The summed E-state index contributed by atoms with van der Waals surface area (Å²) in [5, 5.41) is 8.15. The molecule has 0 fully saturated rings. The van der Waals surface area contributed by atoms with Crippen molar-refractivity contribution >= 4 is 23.3 Å². The molecule has 0 aliphatic carbocycles. The molecule has 10 heteroatoms. The maximum atomic E-state index is 13.7. The molecule has 2 aromatic heterocycles. The Balaban J connectivity index is 1.77. The van der Waals surface area contributed by atoms with Gasteiger partial charge in [0.05, 0.1) is 16.8 Å². The molecule has 2 N–H and O–H groups in total. The maximum Gasteiger partial charge on any atom is 0.258 e. The molecule has 0 saturated heterocycles. The number of carbonyl (C=O) groups is 2. The standard InChI is InChI=1S/C17H11F3N4O3/c1-8-4-13(24-27-8)23-17(26)10-5-9(6-21-7-10)16(25)22-12-3-2-11(18)14(19)15(12)20/h2-7H,1H3,(H,22,25)(H,23,24,26). The van der Waals surface area contributed by atoms with Crippen molar-refractivity contribution in [2.75, 3.05) is 10.6 Å². The van der Waals surface area contributed by atoms with Gasteiger partial charge in [-0.3, -0.25) is 14.6 Å². The minimum atomic E-state index is -1.71. The summed E-state index contributed by atoms with van der Waals surface area (Å²) in [6, 6.07) is 4.24. The van der Waals surface area contributed by atoms with E-state index in [0.717, 1.165) is 12.3 Å². The van der Waals surface area contributed by atoms with Crippen LogP contribution in [-0.2, 0) is 0 Å². The summed E-state index contributed by atoms with van der Waals surface area (Å²) in [4.78, 5) is 28.2. The Morgan fingerprint density at radius 3 is 2.26 bits per heavy atom. The third-order valence-electron chi connectivity index (χ3n) is 3.42. The molecule has 138 valence electrons. The van der Waals surface area contributed by atoms with Gasteiger partial charge in [-0.05, 0) is 25.1 Å². The smallest absolute Gasteiger partial charge is 0.258 e. The van der Waals surface area contributed by atoms with Crippen LogP contribution in [-0.4, -0.2) is 22.0 Å². The number of carbonyl (C=O) groups excluding carboxylic acids is 2. The van der Waals surface area contributed by atoms with Crippen LogP contribution in [0, 0.1) is 24.4 Å². The highest BCUT2D eigenvalue weighted by atomic mass is 19.2. The lowest BCUT2D eigenvalue weighted by molar-refractivity contribution is 0.102. The van der Waals surface area contributed by atoms with Crippen LogP contribution >= 0.6 is 0 Å². The van der Waals surface area contributed by atoms with Crippen LogP contribution in [0.3, 0.4) is 0 Å². The number of rotatable bonds is 4. The number of pyridine rings is 1. The monoisotopic (exact) mass is 376 g/mol. The molecular formula is C17H11F3N4O3. The van der Waals surface area contributed by atoms with Crippen molar-refractivity contribution in [3.8, 4) is 0 Å². The first-order valence-corrected chi connectivity index (χ1v) is 7.49. The average Bonchev–Trinajstić information content (AvgIpc) is 3.07. The molecule has 2 amide bonds. The lowest BCUT2D eigenvalue weighted by atomic mass is 10.1. The van der Waals surface area contributed by atoms with Gasteiger partial charge in [0.25, 0.3) is 11.8 Å². The minimum absolute atomic E-state index is 0.0223. The van der Waals surface area contributed by atoms with E-state index in [4.69, 9.17) is 4.52 Å². The van der Waals surface area contributed by atoms with Gasteiger partial charge in [0.2, 0.25) is 0 Å². The number of anilines is 2. The van der Waals surface area contributed by atoms with Gasteiger partial charge in [0.1, 0.15) is 5.76 Å². The molecule has 0 aliphatic rings. The fourth-order valence-corrected chi connectivity index (χ4v) is 2.12. The Kier molecular flexibility index (Phi) is 4.88. The largest absolute Gasteiger partial charge is 0.360 e. The maximum absolute atomic E-state index is 13.7. The zero-order chi connectivity index (χ0) is 19.6. The molecule has 2 heterocycles. The van der Waals surface area contributed by atoms with E-state index in [2.05, 4.69) is 20.8 Å². The van der Waals surface area contributed by atoms with Crippen LogP contribution in [0.5, 0.6) is 0 Å². The molecule has 3 aromatic rings. The minimum Gasteiger partial charge on any atom is -0.360 e. The quantitative estimate of drug-likeness (QED) is 0.681. The summed E-state index contributed by atoms with van der Waals surface area (Å²) < 4.78 is 44.7. The molecule has 0 unspecified atom stereocenters. The van der Waals surface area contributed by atoms with Crippen molar-refractivity contribution in [3.05, 3.63) is 71.0 Å². The summed E-state index contributed by atoms with van der Waals surface area (Å²) in [5.74, 6) is -5.42. The second-order valence-electron chi connectivity index (χ2n) is 5.42. The van der Waals surface area contributed by atoms with Crippen molar-refractivity contribution in [1.82, 2.24) is 10.1 Å². The Hall–Kier alpha value is -3.69. The highest BCUT2D eigenvalue weighted by molar-refractivity contribution is 6.08. The van der Waals surface area contributed by atoms with E-state index in [1.165, 1.54) is 18.3 Å². The Morgan fingerprint density at radius 2 is 1.63 bits per heavy atom. The number of hydrogen-bond donors (Lipinski definition) is 2. The SMILES string of the molecule is Cc1cc(NC(=O)c2cncc(C(=O)Nc3ccc(F)c(F)c3F)c2)no1. The fraction of sp³-hybridized carbons (Fsp3) is 0.0588. The van der Waals surface area contributed by atoms with Gasteiger partial charge >= 0.3 is 0 Å². The third-order valence-corrected chi connectivity index (χ3v) is 3.42. The normalized spacial score (nSPS) is 10.5. The van der Waals surface area contributed by atoms with Crippen molar-refractivity contribution in [1.29, 1.82) is 0 Å². The highest BCUT2D eigenvalue weighted by Crippen LogP contribution is 2.20. The van der Waals surface area contributed by atoms with E-state index in [9.17, 15) is 22.8 Å². The van der Waals surface area contributed by atoms with Gasteiger partial charge in [-0.1, -0.05) is 5.16 Å². The summed E-state index contributed by atoms with van der Waals surface area (Å²) >= 11 is 0. The summed E-state index contributed by atoms with van der Waals surface area (Å²) in [6.07, 6.45) is 2.33. The van der Waals surface area contributed by atoms with Crippen molar-refractivity contribution in [2.24, 2.45) is 0 Å². The summed E-state index contributed by atoms with van der Waals surface area (Å²) in [5.41, 5.74) is -0.621. The second-order valence-corrected chi connectivity index (χ2v) is 5.42. The number of amides is 2. The number of aryl methyl sites for hydroxylation is 1. The van der Waals surface area contributed by atoms with E-state index in [1.54, 1.807) is 6.92 Å². The van der Waals surface area contributed by atoms with E-state index in [-0.39, 0.29) is 16.9 Å². The van der Waals surface area contributed by atoms with E-state index >= 15 is 0 Å². The number of hydrogen-bond acceptors (Lipinski definition) is 5. The lowest BCUT2D eigenvalue weighted by Crippen LogP contribution is -2.17. The molecule has 7 nitrogen and oxygen atoms in total. The number of nitrogens with zero attached hydrogens (tertiary/aromatic N) is 2. The third kappa shape index (κ3) is 3.94. The van der Waals surface area contributed by atoms with Crippen molar-refractivity contribution in [2.45, 2.75) is 6.92 Å². The van der Waals surface area contributed by atoms with Gasteiger partial charge in [0.15, 0.2) is 23.3 Å². The molecule has 0 saturated carbocycles. The molecule has 0 atom stereocenters. The zero-order valence-electron chi connectivity index (χ0n) is 13.7. The highest BCUT2D eigenvalue weighted by Gasteiger charge is 2.17. The predicted octanol–water partition coefficient (Wildman–Crippen LogP) is 3.30. The van der Waals surface area contributed by atoms with Crippen LogP contribution in [0.2, 0.25) is 0 Å². The van der Waals surface area contributed by atoms with Gasteiger partial charge in [0, 0.05) is 18.5 Å². The van der Waals surface area contributed by atoms with Crippen LogP contribution in [0.15, 0.2) is 41.2 Å². The predicted molar refractivity (Wildman–Crippen MR) is 87.7 cm³/mol. The van der Waals surface area contributed by atoms with Crippen LogP contribution in [0.1, 0.15) is 26.5 Å². The fourth-order valence-electron chi connectivity index (χ4n) is 2.12. The molecule has 27 heavy (non-hydrogen) atoms. The first-order chi connectivity index (χ1) is 12.8. The van der Waals surface area contributed by atoms with Crippen molar-refractivity contribution in [3.63, 3.8) is 0 Å². The van der Waals surface area contributed by atoms with Crippen LogP contribution in [0.25, 0.3) is 0 Å². The van der Waals surface area contributed by atoms with Crippen LogP contribution in [0.4, 0.5) is 24.7 Å². The zero-order valence-corrected chi connectivity index (χ0v) is 13.7. The molecule has 0 spiro atoms. The molecule has 0 aliphatic heterocycles. The summed E-state index contributed by atoms with van der Waals surface area (Å²) in [6.45, 7) is 1.65. The Morgan fingerprint density at radius 1 is 0.963 bits per heavy atom. The second kappa shape index (κ2) is 7.28. The summed E-state index contributed by atoms with van der Waals surface area (Å²) in [7, 11) is 0. The topological polar surface area (TPSA) is 97.1 Å². The van der Waals surface area contributed by atoms with Gasteiger partial charge in [-0.15, -0.1) is 0 Å². The Labute approximate surface area is 150 Å². The lowest BCUT2D eigenvalue weighted by Gasteiger charge is -2.08. The molecule has 0 bridgehead atoms. The molecule has 3 rings (SSSR count). The first-order valence-electron chi connectivity index (χ1n) is 7.49. The number of halogens is 3. The van der Waals surface area contributed by atoms with Gasteiger partial charge < -0.3 is 15.2 Å². The number of nitrogens with one attached hydrogen (secondary N) is 2. The van der Waals surface area contributed by atoms with Gasteiger partial charge in [-0.25, -0.2) is 13.2 Å². The molecular weight excluding hydrogens is 365 g/mol. The van der Waals surface area contributed by atoms with Gasteiger partial charge in [-0.2, -0.15) is 0 Å². The van der Waals surface area contributed by atoms with Crippen LogP contribution < -0.4 is 10.6 Å². The first kappa shape index (κ1) is 18.1. The average molecular weight is 376 g/mol. The molecule has 0 radical (unpaired) electrons.